The van der Waals surface area contributed by atoms with Crippen molar-refractivity contribution in [1.29, 1.82) is 0 Å². The van der Waals surface area contributed by atoms with Crippen molar-refractivity contribution in [2.24, 2.45) is 7.05 Å². The van der Waals surface area contributed by atoms with Crippen molar-refractivity contribution in [3.8, 4) is 17.0 Å². The van der Waals surface area contributed by atoms with Crippen molar-refractivity contribution in [3.05, 3.63) is 136 Å². The second-order valence-electron chi connectivity index (χ2n) is 15.1. The van der Waals surface area contributed by atoms with E-state index in [1.54, 1.807) is 6.07 Å². The number of carbonyl (C=O) groups excluding carboxylic acids is 2. The van der Waals surface area contributed by atoms with Crippen molar-refractivity contribution in [2.45, 2.75) is 44.8 Å². The van der Waals surface area contributed by atoms with Crippen LogP contribution in [0.2, 0.25) is 5.02 Å². The molecule has 11 heteroatoms. The van der Waals surface area contributed by atoms with Crippen LogP contribution in [0.4, 0.5) is 15.8 Å². The van der Waals surface area contributed by atoms with E-state index in [1.165, 1.54) is 17.0 Å². The third-order valence-electron chi connectivity index (χ3n) is 11.7. The molecule has 2 aromatic heterocycles. The minimum absolute atomic E-state index is 0.0684. The van der Waals surface area contributed by atoms with Crippen LogP contribution in [0.15, 0.2) is 97.2 Å². The van der Waals surface area contributed by atoms with Crippen LogP contribution in [-0.2, 0) is 37.7 Å². The molecule has 1 saturated heterocycles. The Morgan fingerprint density at radius 1 is 0.911 bits per heavy atom. The number of aromatic nitrogens is 2. The molecule has 1 fully saturated rings. The number of aryl methyl sites for hydroxylation is 1. The zero-order chi connectivity index (χ0) is 38.5. The minimum Gasteiger partial charge on any atom is -0.505 e. The summed E-state index contributed by atoms with van der Waals surface area (Å²) in [6.07, 6.45) is 5.13. The first-order valence-corrected chi connectivity index (χ1v) is 19.7. The fourth-order valence-corrected chi connectivity index (χ4v) is 9.07. The number of amides is 2. The quantitative estimate of drug-likeness (QED) is 0.177. The van der Waals surface area contributed by atoms with Gasteiger partial charge in [-0.2, -0.15) is 0 Å². The molecule has 1 N–H and O–H groups in total. The second-order valence-corrected chi connectivity index (χ2v) is 15.5. The Balaban J connectivity index is 1.13. The summed E-state index contributed by atoms with van der Waals surface area (Å²) in [5.41, 5.74) is 7.52. The van der Waals surface area contributed by atoms with Gasteiger partial charge in [0.05, 0.1) is 24.5 Å². The molecular formula is C45H43ClFN5O4. The third-order valence-corrected chi connectivity index (χ3v) is 12.1. The van der Waals surface area contributed by atoms with Crippen molar-refractivity contribution in [3.63, 3.8) is 0 Å². The van der Waals surface area contributed by atoms with Crippen LogP contribution in [-0.4, -0.2) is 74.7 Å². The van der Waals surface area contributed by atoms with E-state index >= 15 is 9.59 Å². The van der Waals surface area contributed by atoms with Crippen molar-refractivity contribution in [2.75, 3.05) is 37.7 Å². The molecule has 0 bridgehead atoms. The normalized spacial score (nSPS) is 17.1. The zero-order valence-electron chi connectivity index (χ0n) is 31.3. The van der Waals surface area contributed by atoms with Crippen molar-refractivity contribution < 1.29 is 23.8 Å². The first-order valence-electron chi connectivity index (χ1n) is 19.3. The maximum Gasteiger partial charge on any atom is 0.264 e. The molecule has 0 spiro atoms. The van der Waals surface area contributed by atoms with Crippen LogP contribution in [0.5, 0.6) is 5.75 Å². The predicted octanol–water partition coefficient (Wildman–Crippen LogP) is 8.36. The van der Waals surface area contributed by atoms with E-state index in [9.17, 15) is 9.50 Å². The standard InChI is InChI=1S/C45H43ClFN5O4/c1-48-18-16-29-23-31(12-14-40(29)48)52(32-13-15-43(53)39(47)25-32)45(55)37-26-42(50-17-5-4-11-41(37)50)34-8-2-3-9-35(34)44(54)51-27-30-7-6-10-38(46)36(30)24-33(51)28-49-19-21-56-22-20-49/h2-3,6-10,12-16,18,23,25-26,33,53H,4-5,11,17,19-22,24,27-28H2,1H3/t33-/m0/s1. The first-order chi connectivity index (χ1) is 27.2. The number of hydrogen-bond donors (Lipinski definition) is 1. The average molecular weight is 772 g/mol. The monoisotopic (exact) mass is 771 g/mol. The number of aromatic hydroxyl groups is 1. The Kier molecular flexibility index (Phi) is 9.65. The lowest BCUT2D eigenvalue weighted by Gasteiger charge is -2.41. The molecule has 9 nitrogen and oxygen atoms in total. The van der Waals surface area contributed by atoms with Gasteiger partial charge in [-0.3, -0.25) is 19.4 Å². The number of rotatable bonds is 7. The number of phenols is 1. The number of ether oxygens (including phenoxy) is 1. The maximum absolute atomic E-state index is 15.1. The van der Waals surface area contributed by atoms with Crippen LogP contribution >= 0.6 is 11.6 Å². The van der Waals surface area contributed by atoms with E-state index < -0.39 is 11.6 Å². The van der Waals surface area contributed by atoms with E-state index in [4.69, 9.17) is 16.3 Å². The van der Waals surface area contributed by atoms with E-state index in [0.29, 0.717) is 68.2 Å². The lowest BCUT2D eigenvalue weighted by atomic mass is 9.92. The summed E-state index contributed by atoms with van der Waals surface area (Å²) in [6.45, 7) is 4.80. The summed E-state index contributed by atoms with van der Waals surface area (Å²) in [5.74, 6) is -1.69. The van der Waals surface area contributed by atoms with Gasteiger partial charge in [-0.1, -0.05) is 41.9 Å². The van der Waals surface area contributed by atoms with Crippen LogP contribution < -0.4 is 4.90 Å². The topological polar surface area (TPSA) is 83.2 Å². The fraction of sp³-hybridized carbons (Fsp3) is 0.289. The SMILES string of the molecule is Cn1ccc2cc(N(C(=O)c3cc(-c4ccccc4C(=O)N4Cc5cccc(Cl)c5C[C@H]4CN4CCOCC4)n4c3CCCC4)c3ccc(O)c(F)c3)ccc21. The van der Waals surface area contributed by atoms with Crippen LogP contribution in [0.1, 0.15) is 50.4 Å². The highest BCUT2D eigenvalue weighted by Gasteiger charge is 2.35. The number of halogens is 2. The number of fused-ring (bicyclic) bond motifs is 3. The highest BCUT2D eigenvalue weighted by molar-refractivity contribution is 6.31. The molecule has 56 heavy (non-hydrogen) atoms. The predicted molar refractivity (Wildman–Crippen MR) is 216 cm³/mol. The van der Waals surface area contributed by atoms with Crippen molar-refractivity contribution >= 4 is 45.7 Å². The fourth-order valence-electron chi connectivity index (χ4n) is 8.80. The molecule has 3 aliphatic rings. The molecule has 0 aliphatic carbocycles. The number of carbonyl (C=O) groups is 2. The summed E-state index contributed by atoms with van der Waals surface area (Å²) in [5, 5.41) is 11.7. The molecule has 6 aromatic rings. The highest BCUT2D eigenvalue weighted by atomic mass is 35.5. The Bertz CT molecular complexity index is 2490. The van der Waals surface area contributed by atoms with Gasteiger partial charge in [0.2, 0.25) is 0 Å². The minimum atomic E-state index is -0.817. The number of phenolic OH excluding ortho intramolecular Hbond substituents is 1. The number of anilines is 2. The summed E-state index contributed by atoms with van der Waals surface area (Å²) in [4.78, 5) is 36.0. The Morgan fingerprint density at radius 2 is 1.71 bits per heavy atom. The first kappa shape index (κ1) is 36.2. The Morgan fingerprint density at radius 3 is 2.55 bits per heavy atom. The molecule has 4 aromatic carbocycles. The largest absolute Gasteiger partial charge is 0.505 e. The summed E-state index contributed by atoms with van der Waals surface area (Å²) in [6, 6.07) is 27.2. The van der Waals surface area contributed by atoms with E-state index in [0.717, 1.165) is 69.9 Å². The summed E-state index contributed by atoms with van der Waals surface area (Å²) >= 11 is 6.74. The van der Waals surface area contributed by atoms with E-state index in [-0.39, 0.29) is 17.9 Å². The van der Waals surface area contributed by atoms with Gasteiger partial charge >= 0.3 is 0 Å². The highest BCUT2D eigenvalue weighted by Crippen LogP contribution is 2.39. The van der Waals surface area contributed by atoms with Gasteiger partial charge in [0.1, 0.15) is 0 Å². The third kappa shape index (κ3) is 6.55. The van der Waals surface area contributed by atoms with Gasteiger partial charge in [0.15, 0.2) is 11.6 Å². The summed E-state index contributed by atoms with van der Waals surface area (Å²) in [7, 11) is 1.96. The summed E-state index contributed by atoms with van der Waals surface area (Å²) < 4.78 is 24.8. The molecule has 286 valence electrons. The average Bonchev–Trinajstić information content (AvgIpc) is 3.79. The van der Waals surface area contributed by atoms with Gasteiger partial charge in [0.25, 0.3) is 11.8 Å². The molecule has 3 aliphatic heterocycles. The van der Waals surface area contributed by atoms with Gasteiger partial charge in [0, 0.05) is 102 Å². The zero-order valence-corrected chi connectivity index (χ0v) is 32.0. The molecule has 0 saturated carbocycles. The van der Waals surface area contributed by atoms with Gasteiger partial charge < -0.3 is 23.9 Å². The Hall–Kier alpha value is -5.42. The number of morpholine rings is 1. The Labute approximate surface area is 330 Å². The molecule has 0 unspecified atom stereocenters. The second kappa shape index (κ2) is 14.9. The number of nitrogens with zero attached hydrogens (tertiary/aromatic N) is 5. The lowest BCUT2D eigenvalue weighted by molar-refractivity contribution is 0.0193. The lowest BCUT2D eigenvalue weighted by Crippen LogP contribution is -2.52. The van der Waals surface area contributed by atoms with Gasteiger partial charge in [-0.05, 0) is 91.4 Å². The van der Waals surface area contributed by atoms with Gasteiger partial charge in [-0.25, -0.2) is 4.39 Å². The van der Waals surface area contributed by atoms with Crippen LogP contribution in [0.3, 0.4) is 0 Å². The number of hydrogen-bond acceptors (Lipinski definition) is 5. The van der Waals surface area contributed by atoms with Crippen LogP contribution in [0, 0.1) is 5.82 Å². The molecular weight excluding hydrogens is 729 g/mol. The smallest absolute Gasteiger partial charge is 0.264 e. The van der Waals surface area contributed by atoms with Crippen LogP contribution in [0.25, 0.3) is 22.2 Å². The molecule has 5 heterocycles. The van der Waals surface area contributed by atoms with E-state index in [2.05, 4.69) is 15.5 Å². The van der Waals surface area contributed by atoms with Gasteiger partial charge in [-0.15, -0.1) is 0 Å². The molecule has 9 rings (SSSR count). The maximum atomic E-state index is 15.1. The molecule has 1 atom stereocenters. The van der Waals surface area contributed by atoms with Crippen molar-refractivity contribution in [1.82, 2.24) is 18.9 Å². The number of benzene rings is 4. The molecule has 0 radical (unpaired) electrons. The molecule has 2 amide bonds. The van der Waals surface area contributed by atoms with E-state index in [1.807, 2.05) is 89.4 Å².